The van der Waals surface area contributed by atoms with Gasteiger partial charge in [-0.25, -0.2) is 0 Å². The van der Waals surface area contributed by atoms with Crippen molar-refractivity contribution in [3.63, 3.8) is 0 Å². The van der Waals surface area contributed by atoms with E-state index in [1.54, 1.807) is 0 Å². The second-order valence-electron chi connectivity index (χ2n) is 12.2. The monoisotopic (exact) mass is 600 g/mol. The van der Waals surface area contributed by atoms with Crippen molar-refractivity contribution in [3.05, 3.63) is 170 Å². The number of rotatable bonds is 4. The summed E-state index contributed by atoms with van der Waals surface area (Å²) >= 11 is 0. The maximum absolute atomic E-state index is 6.65. The van der Waals surface area contributed by atoms with E-state index in [4.69, 9.17) is 4.42 Å². The van der Waals surface area contributed by atoms with E-state index in [0.29, 0.717) is 0 Å². The molecular formula is C44H28N2O. The van der Waals surface area contributed by atoms with Gasteiger partial charge in [0.05, 0.1) is 22.1 Å². The number of hydrogen-bond acceptors (Lipinski definition) is 2. The molecule has 2 aromatic heterocycles. The quantitative estimate of drug-likeness (QED) is 0.200. The van der Waals surface area contributed by atoms with E-state index in [9.17, 15) is 0 Å². The van der Waals surface area contributed by atoms with Crippen LogP contribution in [0.3, 0.4) is 0 Å². The Morgan fingerprint density at radius 3 is 1.98 bits per heavy atom. The molecular weight excluding hydrogens is 572 g/mol. The van der Waals surface area contributed by atoms with E-state index in [0.717, 1.165) is 55.6 Å². The molecule has 0 unspecified atom stereocenters. The first-order chi connectivity index (χ1) is 23.3. The van der Waals surface area contributed by atoms with E-state index in [2.05, 4.69) is 179 Å². The van der Waals surface area contributed by atoms with Gasteiger partial charge in [0.1, 0.15) is 11.2 Å². The van der Waals surface area contributed by atoms with Crippen molar-refractivity contribution in [1.29, 1.82) is 0 Å². The number of benzene rings is 8. The van der Waals surface area contributed by atoms with Gasteiger partial charge in [0.15, 0.2) is 0 Å². The summed E-state index contributed by atoms with van der Waals surface area (Å²) in [5, 5.41) is 9.39. The van der Waals surface area contributed by atoms with Crippen molar-refractivity contribution >= 4 is 82.4 Å². The van der Waals surface area contributed by atoms with Crippen LogP contribution in [0.1, 0.15) is 0 Å². The predicted molar refractivity (Wildman–Crippen MR) is 198 cm³/mol. The maximum Gasteiger partial charge on any atom is 0.143 e. The molecule has 220 valence electrons. The van der Waals surface area contributed by atoms with Crippen LogP contribution in [0.25, 0.3) is 71.0 Å². The molecule has 3 nitrogen and oxygen atoms in total. The molecule has 0 N–H and O–H groups in total. The summed E-state index contributed by atoms with van der Waals surface area (Å²) < 4.78 is 9.04. The van der Waals surface area contributed by atoms with E-state index >= 15 is 0 Å². The van der Waals surface area contributed by atoms with Gasteiger partial charge in [-0.1, -0.05) is 109 Å². The van der Waals surface area contributed by atoms with E-state index < -0.39 is 0 Å². The fourth-order valence-corrected chi connectivity index (χ4v) is 7.42. The van der Waals surface area contributed by atoms with Crippen LogP contribution in [0.15, 0.2) is 174 Å². The summed E-state index contributed by atoms with van der Waals surface area (Å²) in [6.45, 7) is 0. The van der Waals surface area contributed by atoms with E-state index in [1.807, 2.05) is 0 Å². The number of anilines is 3. The van der Waals surface area contributed by atoms with E-state index in [-0.39, 0.29) is 0 Å². The van der Waals surface area contributed by atoms with Gasteiger partial charge in [0.25, 0.3) is 0 Å². The highest BCUT2D eigenvalue weighted by Gasteiger charge is 2.22. The molecule has 0 radical (unpaired) electrons. The molecule has 0 atom stereocenters. The van der Waals surface area contributed by atoms with Gasteiger partial charge in [-0.05, 0) is 76.8 Å². The Hall–Kier alpha value is -6.32. The first-order valence-corrected chi connectivity index (χ1v) is 16.0. The molecule has 0 saturated carbocycles. The van der Waals surface area contributed by atoms with Gasteiger partial charge >= 0.3 is 0 Å². The lowest BCUT2D eigenvalue weighted by atomic mass is 10.0. The van der Waals surface area contributed by atoms with Gasteiger partial charge in [-0.15, -0.1) is 0 Å². The second kappa shape index (κ2) is 10.1. The Morgan fingerprint density at radius 2 is 1.09 bits per heavy atom. The van der Waals surface area contributed by atoms with Crippen LogP contribution in [-0.4, -0.2) is 4.57 Å². The zero-order chi connectivity index (χ0) is 30.9. The van der Waals surface area contributed by atoms with Crippen LogP contribution in [0.4, 0.5) is 17.1 Å². The fraction of sp³-hybridized carbons (Fsp3) is 0. The average molecular weight is 601 g/mol. The molecule has 8 aromatic carbocycles. The topological polar surface area (TPSA) is 21.3 Å². The number of fused-ring (bicyclic) bond motifs is 9. The van der Waals surface area contributed by atoms with Crippen molar-refractivity contribution in [2.45, 2.75) is 0 Å². The standard InChI is InChI=1S/C44H28N2O/c1-2-14-32(15-3-1)46-39-18-9-8-17-36(39)37-26-24-34(28-41(37)46)45(33-23-21-29-11-4-5-13-31(29)27-33)40-19-10-20-42-43(40)38-25-22-30-12-6-7-16-35(30)44(38)47-42/h1-28H. The number of aromatic nitrogens is 1. The second-order valence-corrected chi connectivity index (χ2v) is 12.2. The van der Waals surface area contributed by atoms with Crippen molar-refractivity contribution in [3.8, 4) is 5.69 Å². The van der Waals surface area contributed by atoms with Gasteiger partial charge in [-0.3, -0.25) is 0 Å². The van der Waals surface area contributed by atoms with Gasteiger partial charge in [0, 0.05) is 38.6 Å². The Kier molecular flexibility index (Phi) is 5.57. The smallest absolute Gasteiger partial charge is 0.143 e. The fourth-order valence-electron chi connectivity index (χ4n) is 7.42. The first-order valence-electron chi connectivity index (χ1n) is 16.0. The molecule has 0 aliphatic heterocycles. The number of furan rings is 1. The molecule has 0 aliphatic carbocycles. The Bertz CT molecular complexity index is 2810. The molecule has 3 heteroatoms. The third kappa shape index (κ3) is 3.93. The SMILES string of the molecule is c1ccc(-n2c3ccccc3c3ccc(N(c4ccc5ccccc5c4)c4cccc5oc6c7ccccc7ccc6c45)cc32)cc1. The molecule has 0 aliphatic rings. The van der Waals surface area contributed by atoms with E-state index in [1.165, 1.54) is 32.4 Å². The minimum Gasteiger partial charge on any atom is -0.455 e. The normalized spacial score (nSPS) is 11.8. The lowest BCUT2D eigenvalue weighted by Crippen LogP contribution is -2.10. The largest absolute Gasteiger partial charge is 0.455 e. The molecule has 10 rings (SSSR count). The minimum atomic E-state index is 0.874. The van der Waals surface area contributed by atoms with Crippen LogP contribution >= 0.6 is 0 Å². The lowest BCUT2D eigenvalue weighted by Gasteiger charge is -2.27. The average Bonchev–Trinajstić information content (AvgIpc) is 3.68. The molecule has 0 spiro atoms. The third-order valence-electron chi connectivity index (χ3n) is 9.53. The Morgan fingerprint density at radius 1 is 0.426 bits per heavy atom. The lowest BCUT2D eigenvalue weighted by molar-refractivity contribution is 0.672. The molecule has 0 amide bonds. The number of hydrogen-bond donors (Lipinski definition) is 0. The minimum absolute atomic E-state index is 0.874. The number of para-hydroxylation sites is 2. The molecule has 0 fully saturated rings. The highest BCUT2D eigenvalue weighted by atomic mass is 16.3. The van der Waals surface area contributed by atoms with Gasteiger partial charge in [-0.2, -0.15) is 0 Å². The maximum atomic E-state index is 6.65. The van der Waals surface area contributed by atoms with Crippen LogP contribution in [-0.2, 0) is 0 Å². The summed E-state index contributed by atoms with van der Waals surface area (Å²) in [7, 11) is 0. The zero-order valence-corrected chi connectivity index (χ0v) is 25.5. The van der Waals surface area contributed by atoms with Gasteiger partial charge < -0.3 is 13.9 Å². The zero-order valence-electron chi connectivity index (χ0n) is 25.5. The molecule has 0 saturated heterocycles. The molecule has 0 bridgehead atoms. The van der Waals surface area contributed by atoms with Crippen molar-refractivity contribution < 1.29 is 4.42 Å². The number of nitrogens with zero attached hydrogens (tertiary/aromatic N) is 2. The Labute approximate surface area is 271 Å². The van der Waals surface area contributed by atoms with Crippen molar-refractivity contribution in [2.24, 2.45) is 0 Å². The summed E-state index contributed by atoms with van der Waals surface area (Å²) in [6, 6.07) is 60.8. The molecule has 47 heavy (non-hydrogen) atoms. The highest BCUT2D eigenvalue weighted by Crippen LogP contribution is 2.46. The summed E-state index contributed by atoms with van der Waals surface area (Å²) in [6.07, 6.45) is 0. The van der Waals surface area contributed by atoms with Crippen LogP contribution in [0.2, 0.25) is 0 Å². The van der Waals surface area contributed by atoms with Crippen molar-refractivity contribution in [2.75, 3.05) is 4.90 Å². The summed E-state index contributed by atoms with van der Waals surface area (Å²) in [5.74, 6) is 0. The summed E-state index contributed by atoms with van der Waals surface area (Å²) in [4.78, 5) is 2.39. The molecule has 2 heterocycles. The summed E-state index contributed by atoms with van der Waals surface area (Å²) in [5.41, 5.74) is 8.54. The van der Waals surface area contributed by atoms with Crippen LogP contribution < -0.4 is 4.90 Å². The van der Waals surface area contributed by atoms with Crippen LogP contribution in [0.5, 0.6) is 0 Å². The molecule has 10 aromatic rings. The predicted octanol–water partition coefficient (Wildman–Crippen LogP) is 12.5. The third-order valence-corrected chi connectivity index (χ3v) is 9.53. The first kappa shape index (κ1) is 26.0. The van der Waals surface area contributed by atoms with Crippen molar-refractivity contribution in [1.82, 2.24) is 4.57 Å². The highest BCUT2D eigenvalue weighted by molar-refractivity contribution is 6.20. The van der Waals surface area contributed by atoms with Gasteiger partial charge in [0.2, 0.25) is 0 Å². The Balaban J connectivity index is 1.30. The van der Waals surface area contributed by atoms with Crippen LogP contribution in [0, 0.1) is 0 Å².